The van der Waals surface area contributed by atoms with Gasteiger partial charge < -0.3 is 10.2 Å². The summed E-state index contributed by atoms with van der Waals surface area (Å²) in [6.45, 7) is 4.37. The van der Waals surface area contributed by atoms with Gasteiger partial charge in [0.1, 0.15) is 5.82 Å². The molecule has 0 aliphatic carbocycles. The van der Waals surface area contributed by atoms with Crippen molar-refractivity contribution in [3.63, 3.8) is 0 Å². The first-order valence-corrected chi connectivity index (χ1v) is 8.29. The van der Waals surface area contributed by atoms with E-state index in [1.54, 1.807) is 41.1 Å². The Bertz CT molecular complexity index is 732. The SMILES string of the molecule is CCN(C(C)=O)c1ccc(NC(=O)N(C)Cc2ccc(Cl)cc2)cn1. The van der Waals surface area contributed by atoms with E-state index in [4.69, 9.17) is 11.6 Å². The molecular weight excluding hydrogens is 340 g/mol. The molecule has 25 heavy (non-hydrogen) atoms. The van der Waals surface area contributed by atoms with Crippen molar-refractivity contribution in [3.8, 4) is 0 Å². The molecule has 0 radical (unpaired) electrons. The summed E-state index contributed by atoms with van der Waals surface area (Å²) in [5.74, 6) is 0.483. The van der Waals surface area contributed by atoms with E-state index in [1.165, 1.54) is 13.1 Å². The molecule has 3 amide bonds. The minimum Gasteiger partial charge on any atom is -0.323 e. The average molecular weight is 361 g/mol. The highest BCUT2D eigenvalue weighted by Gasteiger charge is 2.12. The largest absolute Gasteiger partial charge is 0.323 e. The number of nitrogens with one attached hydrogen (secondary N) is 1. The fourth-order valence-electron chi connectivity index (χ4n) is 2.32. The lowest BCUT2D eigenvalue weighted by Crippen LogP contribution is -2.31. The van der Waals surface area contributed by atoms with Crippen molar-refractivity contribution >= 4 is 35.0 Å². The van der Waals surface area contributed by atoms with Crippen molar-refractivity contribution in [2.24, 2.45) is 0 Å². The summed E-state index contributed by atoms with van der Waals surface area (Å²) < 4.78 is 0. The topological polar surface area (TPSA) is 65.5 Å². The molecule has 132 valence electrons. The van der Waals surface area contributed by atoms with Crippen molar-refractivity contribution in [2.45, 2.75) is 20.4 Å². The van der Waals surface area contributed by atoms with Crippen molar-refractivity contribution < 1.29 is 9.59 Å². The van der Waals surface area contributed by atoms with Gasteiger partial charge in [-0.2, -0.15) is 0 Å². The van der Waals surface area contributed by atoms with Crippen molar-refractivity contribution in [1.82, 2.24) is 9.88 Å². The van der Waals surface area contributed by atoms with Crippen LogP contribution < -0.4 is 10.2 Å². The smallest absolute Gasteiger partial charge is 0.321 e. The van der Waals surface area contributed by atoms with Crippen LogP contribution in [0.2, 0.25) is 5.02 Å². The van der Waals surface area contributed by atoms with Crippen LogP contribution in [0.5, 0.6) is 0 Å². The molecule has 1 N–H and O–H groups in total. The van der Waals surface area contributed by atoms with Crippen LogP contribution in [0.1, 0.15) is 19.4 Å². The van der Waals surface area contributed by atoms with Gasteiger partial charge in [-0.15, -0.1) is 0 Å². The summed E-state index contributed by atoms with van der Waals surface area (Å²) >= 11 is 5.86. The zero-order valence-electron chi connectivity index (χ0n) is 14.5. The maximum absolute atomic E-state index is 12.3. The Morgan fingerprint density at radius 3 is 2.36 bits per heavy atom. The molecule has 0 bridgehead atoms. The number of halogens is 1. The molecule has 0 aliphatic rings. The Labute approximate surface area is 152 Å². The molecule has 0 saturated heterocycles. The van der Waals surface area contributed by atoms with Gasteiger partial charge >= 0.3 is 6.03 Å². The molecule has 1 aromatic heterocycles. The van der Waals surface area contributed by atoms with Gasteiger partial charge in [0.2, 0.25) is 5.91 Å². The van der Waals surface area contributed by atoms with Crippen LogP contribution in [0, 0.1) is 0 Å². The predicted octanol–water partition coefficient (Wildman–Crippen LogP) is 3.77. The number of pyridine rings is 1. The standard InChI is InChI=1S/C18H21ClN4O2/c1-4-23(13(2)24)17-10-9-16(11-20-17)21-18(25)22(3)12-14-5-7-15(19)8-6-14/h5-11H,4,12H2,1-3H3,(H,21,25). The average Bonchev–Trinajstić information content (AvgIpc) is 2.58. The molecule has 2 rings (SSSR count). The van der Waals surface area contributed by atoms with Crippen molar-refractivity contribution in [3.05, 3.63) is 53.2 Å². The maximum Gasteiger partial charge on any atom is 0.321 e. The molecule has 0 unspecified atom stereocenters. The number of amides is 3. The van der Waals surface area contributed by atoms with Crippen LogP contribution in [0.25, 0.3) is 0 Å². The minimum atomic E-state index is -0.247. The lowest BCUT2D eigenvalue weighted by atomic mass is 10.2. The number of nitrogens with zero attached hydrogens (tertiary/aromatic N) is 3. The van der Waals surface area contributed by atoms with Gasteiger partial charge in [-0.1, -0.05) is 23.7 Å². The lowest BCUT2D eigenvalue weighted by molar-refractivity contribution is -0.116. The number of urea groups is 1. The number of anilines is 2. The zero-order chi connectivity index (χ0) is 18.4. The number of benzene rings is 1. The summed E-state index contributed by atoms with van der Waals surface area (Å²) in [5.41, 5.74) is 1.55. The van der Waals surface area contributed by atoms with Gasteiger partial charge in [0, 0.05) is 32.1 Å². The van der Waals surface area contributed by atoms with Gasteiger partial charge in [-0.3, -0.25) is 9.69 Å². The first-order chi connectivity index (χ1) is 11.9. The third kappa shape index (κ3) is 5.19. The number of carbonyl (C=O) groups excluding carboxylic acids is 2. The first kappa shape index (κ1) is 18.7. The van der Waals surface area contributed by atoms with E-state index in [0.29, 0.717) is 29.6 Å². The first-order valence-electron chi connectivity index (χ1n) is 7.91. The Balaban J connectivity index is 1.97. The number of hydrogen-bond donors (Lipinski definition) is 1. The molecule has 0 atom stereocenters. The van der Waals surface area contributed by atoms with Gasteiger partial charge in [-0.25, -0.2) is 9.78 Å². The van der Waals surface area contributed by atoms with Crippen LogP contribution in [-0.2, 0) is 11.3 Å². The molecule has 0 aliphatic heterocycles. The van der Waals surface area contributed by atoms with Crippen molar-refractivity contribution in [2.75, 3.05) is 23.8 Å². The number of carbonyl (C=O) groups is 2. The predicted molar refractivity (Wildman–Crippen MR) is 99.9 cm³/mol. The number of aromatic nitrogens is 1. The second kappa shape index (κ2) is 8.48. The zero-order valence-corrected chi connectivity index (χ0v) is 15.2. The highest BCUT2D eigenvalue weighted by Crippen LogP contribution is 2.15. The summed E-state index contributed by atoms with van der Waals surface area (Å²) in [6.07, 6.45) is 1.54. The van der Waals surface area contributed by atoms with Crippen LogP contribution in [-0.4, -0.2) is 35.4 Å². The Hall–Kier alpha value is -2.60. The highest BCUT2D eigenvalue weighted by molar-refractivity contribution is 6.30. The molecule has 2 aromatic rings. The fourth-order valence-corrected chi connectivity index (χ4v) is 2.45. The highest BCUT2D eigenvalue weighted by atomic mass is 35.5. The van der Waals surface area contributed by atoms with Gasteiger partial charge in [0.25, 0.3) is 0 Å². The number of hydrogen-bond acceptors (Lipinski definition) is 3. The Morgan fingerprint density at radius 2 is 1.84 bits per heavy atom. The summed E-state index contributed by atoms with van der Waals surface area (Å²) in [4.78, 5) is 31.1. The van der Waals surface area contributed by atoms with E-state index in [1.807, 2.05) is 19.1 Å². The molecular formula is C18H21ClN4O2. The summed E-state index contributed by atoms with van der Waals surface area (Å²) in [5, 5.41) is 3.44. The van der Waals surface area contributed by atoms with Gasteiger partial charge in [0.15, 0.2) is 0 Å². The van der Waals surface area contributed by atoms with E-state index in [0.717, 1.165) is 5.56 Å². The molecule has 1 aromatic carbocycles. The van der Waals surface area contributed by atoms with Crippen LogP contribution in [0.3, 0.4) is 0 Å². The lowest BCUT2D eigenvalue weighted by Gasteiger charge is -2.19. The third-order valence-electron chi connectivity index (χ3n) is 3.65. The second-order valence-electron chi connectivity index (χ2n) is 5.58. The van der Waals surface area contributed by atoms with E-state index in [-0.39, 0.29) is 11.9 Å². The van der Waals surface area contributed by atoms with Crippen LogP contribution in [0.15, 0.2) is 42.6 Å². The Morgan fingerprint density at radius 1 is 1.16 bits per heavy atom. The quantitative estimate of drug-likeness (QED) is 0.882. The van der Waals surface area contributed by atoms with Crippen LogP contribution in [0.4, 0.5) is 16.3 Å². The molecule has 6 nitrogen and oxygen atoms in total. The fraction of sp³-hybridized carbons (Fsp3) is 0.278. The molecule has 0 spiro atoms. The molecule has 7 heteroatoms. The van der Waals surface area contributed by atoms with Gasteiger partial charge in [-0.05, 0) is 36.8 Å². The van der Waals surface area contributed by atoms with E-state index in [2.05, 4.69) is 10.3 Å². The molecule has 0 fully saturated rings. The monoisotopic (exact) mass is 360 g/mol. The van der Waals surface area contributed by atoms with Crippen molar-refractivity contribution in [1.29, 1.82) is 0 Å². The summed E-state index contributed by atoms with van der Waals surface area (Å²) in [6, 6.07) is 10.5. The van der Waals surface area contributed by atoms with E-state index in [9.17, 15) is 9.59 Å². The third-order valence-corrected chi connectivity index (χ3v) is 3.90. The van der Waals surface area contributed by atoms with E-state index < -0.39 is 0 Å². The maximum atomic E-state index is 12.3. The normalized spacial score (nSPS) is 10.2. The second-order valence-corrected chi connectivity index (χ2v) is 6.02. The molecule has 1 heterocycles. The summed E-state index contributed by atoms with van der Waals surface area (Å²) in [7, 11) is 1.71. The number of rotatable bonds is 5. The van der Waals surface area contributed by atoms with Gasteiger partial charge in [0.05, 0.1) is 11.9 Å². The Kier molecular flexibility index (Phi) is 6.36. The minimum absolute atomic E-state index is 0.0746. The molecule has 0 saturated carbocycles. The van der Waals surface area contributed by atoms with E-state index >= 15 is 0 Å². The van der Waals surface area contributed by atoms with Crippen LogP contribution >= 0.6 is 11.6 Å².